The Hall–Kier alpha value is -3.22. The molecule has 0 saturated carbocycles. The number of hydrogen-bond acceptors (Lipinski definition) is 7. The molecule has 4 unspecified atom stereocenters. The maximum absolute atomic E-state index is 13.1. The number of nitrogens with one attached hydrogen (secondary N) is 2. The van der Waals surface area contributed by atoms with Crippen molar-refractivity contribution < 1.29 is 39.0 Å². The Morgan fingerprint density at radius 1 is 0.971 bits per heavy atom. The number of aliphatic carboxylic acids is 2. The molecule has 0 aliphatic carbocycles. The van der Waals surface area contributed by atoms with Crippen LogP contribution in [0.1, 0.15) is 58.8 Å². The second kappa shape index (κ2) is 13.5. The lowest BCUT2D eigenvalue weighted by Gasteiger charge is -2.29. The first-order valence-corrected chi connectivity index (χ1v) is 11.2. The van der Waals surface area contributed by atoms with Gasteiger partial charge in [0, 0.05) is 19.4 Å². The number of hydrogen-bond donors (Lipinski definition) is 6. The van der Waals surface area contributed by atoms with Crippen molar-refractivity contribution in [2.45, 2.75) is 83.0 Å². The minimum Gasteiger partial charge on any atom is -0.481 e. The predicted octanol–water partition coefficient (Wildman–Crippen LogP) is -1.46. The largest absolute Gasteiger partial charge is 0.481 e. The molecule has 1 fully saturated rings. The van der Waals surface area contributed by atoms with Crippen LogP contribution < -0.4 is 22.1 Å². The molecule has 0 bridgehead atoms. The third kappa shape index (κ3) is 9.33. The highest BCUT2D eigenvalue weighted by molar-refractivity contribution is 5.94. The van der Waals surface area contributed by atoms with Crippen LogP contribution in [0.4, 0.5) is 0 Å². The molecule has 4 amide bonds. The van der Waals surface area contributed by atoms with E-state index in [-0.39, 0.29) is 51.0 Å². The van der Waals surface area contributed by atoms with Crippen LogP contribution in [0.15, 0.2) is 0 Å². The highest BCUT2D eigenvalue weighted by atomic mass is 16.4. The van der Waals surface area contributed by atoms with E-state index in [1.165, 1.54) is 0 Å². The Morgan fingerprint density at radius 3 is 2.12 bits per heavy atom. The number of carbonyl (C=O) groups is 6. The molecular weight excluding hydrogens is 450 g/mol. The number of carboxylic acid groups (broad SMARTS) is 2. The molecule has 8 N–H and O–H groups in total. The predicted molar refractivity (Wildman–Crippen MR) is 119 cm³/mol. The van der Waals surface area contributed by atoms with Crippen LogP contribution in [0.25, 0.3) is 0 Å². The topological polar surface area (TPSA) is 222 Å². The first kappa shape index (κ1) is 28.8. The fraction of sp³-hybridized carbons (Fsp3) is 0.714. The van der Waals surface area contributed by atoms with E-state index in [1.807, 2.05) is 13.8 Å². The van der Waals surface area contributed by atoms with Gasteiger partial charge in [0.2, 0.25) is 23.6 Å². The van der Waals surface area contributed by atoms with Gasteiger partial charge >= 0.3 is 11.9 Å². The number of carboxylic acids is 2. The van der Waals surface area contributed by atoms with E-state index in [2.05, 4.69) is 10.6 Å². The summed E-state index contributed by atoms with van der Waals surface area (Å²) in [6.07, 6.45) is 0.161. The third-order valence-corrected chi connectivity index (χ3v) is 5.46. The minimum absolute atomic E-state index is 0.0407. The molecule has 4 atom stereocenters. The van der Waals surface area contributed by atoms with Gasteiger partial charge in [-0.15, -0.1) is 0 Å². The van der Waals surface area contributed by atoms with Crippen molar-refractivity contribution >= 4 is 35.6 Å². The zero-order valence-electron chi connectivity index (χ0n) is 19.5. The molecule has 1 aliphatic heterocycles. The van der Waals surface area contributed by atoms with Crippen LogP contribution in [0.5, 0.6) is 0 Å². The van der Waals surface area contributed by atoms with Gasteiger partial charge in [-0.3, -0.25) is 24.0 Å². The van der Waals surface area contributed by atoms with E-state index < -0.39 is 59.7 Å². The summed E-state index contributed by atoms with van der Waals surface area (Å²) in [5.74, 6) is -5.08. The van der Waals surface area contributed by atoms with Crippen LogP contribution in [0.2, 0.25) is 0 Å². The number of primary amides is 1. The second-order valence-electron chi connectivity index (χ2n) is 8.82. The van der Waals surface area contributed by atoms with Gasteiger partial charge in [-0.25, -0.2) is 4.79 Å². The summed E-state index contributed by atoms with van der Waals surface area (Å²) in [6, 6.07) is -4.47. The molecule has 0 radical (unpaired) electrons. The lowest BCUT2D eigenvalue weighted by molar-refractivity contribution is -0.149. The summed E-state index contributed by atoms with van der Waals surface area (Å²) in [4.78, 5) is 73.1. The van der Waals surface area contributed by atoms with Crippen molar-refractivity contribution in [2.75, 3.05) is 6.54 Å². The van der Waals surface area contributed by atoms with Gasteiger partial charge in [0.05, 0.1) is 6.04 Å². The summed E-state index contributed by atoms with van der Waals surface area (Å²) in [7, 11) is 0. The molecule has 1 saturated heterocycles. The fourth-order valence-electron chi connectivity index (χ4n) is 3.70. The summed E-state index contributed by atoms with van der Waals surface area (Å²) in [5, 5.41) is 23.2. The van der Waals surface area contributed by atoms with Gasteiger partial charge in [-0.1, -0.05) is 13.8 Å². The van der Waals surface area contributed by atoms with Crippen LogP contribution in [-0.2, 0) is 28.8 Å². The Kier molecular flexibility index (Phi) is 11.4. The van der Waals surface area contributed by atoms with Crippen molar-refractivity contribution in [1.82, 2.24) is 15.5 Å². The smallest absolute Gasteiger partial charge is 0.326 e. The second-order valence-corrected chi connectivity index (χ2v) is 8.82. The quantitative estimate of drug-likeness (QED) is 0.169. The van der Waals surface area contributed by atoms with Crippen molar-refractivity contribution in [3.63, 3.8) is 0 Å². The average molecular weight is 486 g/mol. The lowest BCUT2D eigenvalue weighted by Crippen LogP contribution is -2.57. The molecule has 13 nitrogen and oxygen atoms in total. The molecule has 34 heavy (non-hydrogen) atoms. The van der Waals surface area contributed by atoms with Crippen LogP contribution in [0, 0.1) is 5.92 Å². The van der Waals surface area contributed by atoms with Crippen molar-refractivity contribution in [2.24, 2.45) is 17.4 Å². The average Bonchev–Trinajstić information content (AvgIpc) is 3.23. The number of carbonyl (C=O) groups excluding carboxylic acids is 4. The van der Waals surface area contributed by atoms with Crippen LogP contribution in [-0.4, -0.2) is 81.4 Å². The molecule has 13 heteroatoms. The first-order chi connectivity index (χ1) is 15.8. The van der Waals surface area contributed by atoms with Gasteiger partial charge in [0.15, 0.2) is 0 Å². The number of nitrogens with two attached hydrogens (primary N) is 2. The monoisotopic (exact) mass is 485 g/mol. The maximum Gasteiger partial charge on any atom is 0.326 e. The maximum atomic E-state index is 13.1. The lowest BCUT2D eigenvalue weighted by atomic mass is 10.0. The van der Waals surface area contributed by atoms with E-state index in [0.29, 0.717) is 6.42 Å². The highest BCUT2D eigenvalue weighted by Crippen LogP contribution is 2.20. The molecule has 0 aromatic rings. The molecule has 0 aromatic heterocycles. The Balaban J connectivity index is 2.99. The van der Waals surface area contributed by atoms with Crippen molar-refractivity contribution in [3.8, 4) is 0 Å². The van der Waals surface area contributed by atoms with E-state index in [0.717, 1.165) is 4.90 Å². The molecule has 192 valence electrons. The molecule has 0 spiro atoms. The Morgan fingerprint density at radius 2 is 1.59 bits per heavy atom. The molecule has 1 aliphatic rings. The number of rotatable bonds is 14. The van der Waals surface area contributed by atoms with E-state index in [9.17, 15) is 33.9 Å². The summed E-state index contributed by atoms with van der Waals surface area (Å²) < 4.78 is 0. The van der Waals surface area contributed by atoms with Crippen LogP contribution in [0.3, 0.4) is 0 Å². The fourth-order valence-corrected chi connectivity index (χ4v) is 3.70. The summed E-state index contributed by atoms with van der Waals surface area (Å²) in [6.45, 7) is 3.83. The van der Waals surface area contributed by atoms with E-state index in [4.69, 9.17) is 16.6 Å². The van der Waals surface area contributed by atoms with Gasteiger partial charge in [-0.05, 0) is 38.0 Å². The number of nitrogens with zero attached hydrogens (tertiary/aromatic N) is 1. The third-order valence-electron chi connectivity index (χ3n) is 5.46. The number of amides is 4. The zero-order chi connectivity index (χ0) is 26.0. The Labute approximate surface area is 197 Å². The molecular formula is C21H35N5O8. The van der Waals surface area contributed by atoms with Gasteiger partial charge in [0.25, 0.3) is 0 Å². The van der Waals surface area contributed by atoms with E-state index >= 15 is 0 Å². The molecule has 1 rings (SSSR count). The minimum atomic E-state index is -1.22. The number of likely N-dealkylation sites (tertiary alicyclic amines) is 1. The zero-order valence-corrected chi connectivity index (χ0v) is 19.5. The first-order valence-electron chi connectivity index (χ1n) is 11.2. The van der Waals surface area contributed by atoms with Gasteiger partial charge < -0.3 is 37.2 Å². The van der Waals surface area contributed by atoms with Crippen molar-refractivity contribution in [1.29, 1.82) is 0 Å². The highest BCUT2D eigenvalue weighted by Gasteiger charge is 2.38. The molecule has 1 heterocycles. The summed E-state index contributed by atoms with van der Waals surface area (Å²) >= 11 is 0. The normalized spacial score (nSPS) is 18.1. The van der Waals surface area contributed by atoms with Crippen molar-refractivity contribution in [3.05, 3.63) is 0 Å². The molecule has 0 aromatic carbocycles. The van der Waals surface area contributed by atoms with Gasteiger partial charge in [-0.2, -0.15) is 0 Å². The SMILES string of the molecule is CC(C)CC(NC(=O)C(N)CCC(=O)O)C(=O)NC(CCC(N)=O)C(=O)N1CCCC1C(=O)O. The van der Waals surface area contributed by atoms with E-state index in [1.54, 1.807) is 0 Å². The standard InChI is InChI=1S/C21H35N5O8/c1-11(2)10-14(25-18(30)12(22)5-8-17(28)29)19(31)24-13(6-7-16(23)27)20(32)26-9-3-4-15(26)21(33)34/h11-15H,3-10,22H2,1-2H3,(H2,23,27)(H,24,31)(H,25,30)(H,28,29)(H,33,34). The van der Waals surface area contributed by atoms with Gasteiger partial charge in [0.1, 0.15) is 18.1 Å². The Bertz CT molecular complexity index is 787. The summed E-state index contributed by atoms with van der Waals surface area (Å²) in [5.41, 5.74) is 10.9. The van der Waals surface area contributed by atoms with Crippen LogP contribution >= 0.6 is 0 Å².